The van der Waals surface area contributed by atoms with Crippen molar-refractivity contribution >= 4 is 11.8 Å². The molecule has 1 aliphatic carbocycles. The lowest BCUT2D eigenvalue weighted by molar-refractivity contribution is 0.0313. The SMILES string of the molecule is C[C@H]1CN([C@@H](C)CO)C(=O)c2cc(C#CC3CC3)cnc2O[C@H]1CN(C)C(=O)c1ccncc1. The highest BCUT2D eigenvalue weighted by atomic mass is 16.5. The number of rotatable bonds is 5. The molecule has 0 unspecified atom stereocenters. The van der Waals surface area contributed by atoms with Crippen molar-refractivity contribution in [1.82, 2.24) is 19.8 Å². The van der Waals surface area contributed by atoms with Crippen LogP contribution in [0.2, 0.25) is 0 Å². The van der Waals surface area contributed by atoms with Gasteiger partial charge in [0.25, 0.3) is 11.8 Å². The molecule has 1 saturated carbocycles. The molecule has 34 heavy (non-hydrogen) atoms. The molecule has 178 valence electrons. The zero-order valence-corrected chi connectivity index (χ0v) is 19.8. The molecule has 4 rings (SSSR count). The topological polar surface area (TPSA) is 95.9 Å². The number of nitrogens with zero attached hydrogens (tertiary/aromatic N) is 4. The first-order valence-electron chi connectivity index (χ1n) is 11.6. The van der Waals surface area contributed by atoms with Crippen LogP contribution in [0.25, 0.3) is 0 Å². The van der Waals surface area contributed by atoms with Crippen LogP contribution in [0.4, 0.5) is 0 Å². The first-order valence-corrected chi connectivity index (χ1v) is 11.6. The van der Waals surface area contributed by atoms with Crippen molar-refractivity contribution in [1.29, 1.82) is 0 Å². The van der Waals surface area contributed by atoms with E-state index in [-0.39, 0.29) is 36.3 Å². The Morgan fingerprint density at radius 3 is 2.76 bits per heavy atom. The van der Waals surface area contributed by atoms with E-state index in [0.29, 0.717) is 35.7 Å². The Balaban J connectivity index is 1.63. The third-order valence-corrected chi connectivity index (χ3v) is 6.25. The summed E-state index contributed by atoms with van der Waals surface area (Å²) in [5, 5.41) is 9.80. The highest BCUT2D eigenvalue weighted by molar-refractivity contribution is 5.97. The van der Waals surface area contributed by atoms with E-state index in [9.17, 15) is 14.7 Å². The molecule has 2 amide bonds. The van der Waals surface area contributed by atoms with Gasteiger partial charge in [0.2, 0.25) is 5.88 Å². The van der Waals surface area contributed by atoms with Gasteiger partial charge < -0.3 is 19.6 Å². The second-order valence-electron chi connectivity index (χ2n) is 9.16. The molecule has 2 aromatic rings. The van der Waals surface area contributed by atoms with Gasteiger partial charge in [-0.2, -0.15) is 0 Å². The third-order valence-electron chi connectivity index (χ3n) is 6.25. The summed E-state index contributed by atoms with van der Waals surface area (Å²) in [5.74, 6) is 6.45. The molecule has 0 radical (unpaired) electrons. The molecule has 1 aliphatic heterocycles. The first kappa shape index (κ1) is 23.7. The fourth-order valence-corrected chi connectivity index (χ4v) is 3.87. The minimum Gasteiger partial charge on any atom is -0.472 e. The maximum Gasteiger partial charge on any atom is 0.259 e. The lowest BCUT2D eigenvalue weighted by atomic mass is 9.99. The molecule has 1 fully saturated rings. The van der Waals surface area contributed by atoms with Gasteiger partial charge in [-0.3, -0.25) is 14.6 Å². The first-order chi connectivity index (χ1) is 16.4. The lowest BCUT2D eigenvalue weighted by Crippen LogP contribution is -2.50. The average Bonchev–Trinajstić information content (AvgIpc) is 3.69. The van der Waals surface area contributed by atoms with Crippen LogP contribution in [0.1, 0.15) is 53.0 Å². The van der Waals surface area contributed by atoms with Crippen molar-refractivity contribution < 1.29 is 19.4 Å². The van der Waals surface area contributed by atoms with Gasteiger partial charge in [0.1, 0.15) is 11.7 Å². The Morgan fingerprint density at radius 1 is 1.35 bits per heavy atom. The van der Waals surface area contributed by atoms with Crippen molar-refractivity contribution in [2.75, 3.05) is 26.7 Å². The fraction of sp³-hybridized carbons (Fsp3) is 0.462. The summed E-state index contributed by atoms with van der Waals surface area (Å²) in [6.07, 6.45) is 6.60. The van der Waals surface area contributed by atoms with Gasteiger partial charge in [0.05, 0.1) is 19.2 Å². The van der Waals surface area contributed by atoms with Gasteiger partial charge in [-0.1, -0.05) is 18.8 Å². The number of amides is 2. The molecule has 0 aromatic carbocycles. The Labute approximate surface area is 200 Å². The van der Waals surface area contributed by atoms with Crippen LogP contribution in [0.3, 0.4) is 0 Å². The van der Waals surface area contributed by atoms with E-state index >= 15 is 0 Å². The molecule has 2 aromatic heterocycles. The molecular formula is C26H30N4O4. The van der Waals surface area contributed by atoms with Gasteiger partial charge in [0.15, 0.2) is 0 Å². The summed E-state index contributed by atoms with van der Waals surface area (Å²) in [7, 11) is 1.72. The van der Waals surface area contributed by atoms with Crippen molar-refractivity contribution in [3.63, 3.8) is 0 Å². The Hall–Kier alpha value is -3.44. The van der Waals surface area contributed by atoms with E-state index in [1.807, 2.05) is 13.8 Å². The maximum atomic E-state index is 13.4. The molecule has 0 saturated heterocycles. The normalized spacial score (nSPS) is 20.7. The smallest absolute Gasteiger partial charge is 0.259 e. The highest BCUT2D eigenvalue weighted by Crippen LogP contribution is 2.29. The standard InChI is InChI=1S/C26H30N4O4/c1-17-14-30(18(2)16-31)26(33)22-12-20(7-6-19-4-5-19)13-28-24(22)34-23(17)15-29(3)25(32)21-8-10-27-11-9-21/h8-13,17-19,23,31H,4-5,14-16H2,1-3H3/t17-,18-,23-/m0/s1. The fourth-order valence-electron chi connectivity index (χ4n) is 3.87. The molecule has 0 spiro atoms. The molecule has 1 N–H and O–H groups in total. The summed E-state index contributed by atoms with van der Waals surface area (Å²) in [5.41, 5.74) is 1.52. The number of aromatic nitrogens is 2. The van der Waals surface area contributed by atoms with Crippen molar-refractivity contribution in [2.24, 2.45) is 11.8 Å². The van der Waals surface area contributed by atoms with Crippen LogP contribution in [0.5, 0.6) is 5.88 Å². The largest absolute Gasteiger partial charge is 0.472 e. The van der Waals surface area contributed by atoms with Crippen LogP contribution in [0.15, 0.2) is 36.8 Å². The monoisotopic (exact) mass is 462 g/mol. The van der Waals surface area contributed by atoms with E-state index in [1.54, 1.807) is 53.6 Å². The number of aliphatic hydroxyl groups is 1. The highest BCUT2D eigenvalue weighted by Gasteiger charge is 2.34. The number of hydrogen-bond donors (Lipinski definition) is 1. The number of carbonyl (C=O) groups excluding carboxylic acids is 2. The Bertz CT molecular complexity index is 1110. The number of carbonyl (C=O) groups is 2. The van der Waals surface area contributed by atoms with Crippen molar-refractivity contribution in [3.8, 4) is 17.7 Å². The summed E-state index contributed by atoms with van der Waals surface area (Å²) in [6, 6.07) is 4.69. The minimum atomic E-state index is -0.410. The maximum absolute atomic E-state index is 13.4. The second kappa shape index (κ2) is 10.2. The number of ether oxygens (including phenoxy) is 1. The summed E-state index contributed by atoms with van der Waals surface area (Å²) < 4.78 is 6.26. The molecule has 3 heterocycles. The Morgan fingerprint density at radius 2 is 2.09 bits per heavy atom. The summed E-state index contributed by atoms with van der Waals surface area (Å²) in [4.78, 5) is 38.0. The van der Waals surface area contributed by atoms with Gasteiger partial charge in [-0.05, 0) is 38.0 Å². The molecule has 2 aliphatic rings. The summed E-state index contributed by atoms with van der Waals surface area (Å²) >= 11 is 0. The number of pyridine rings is 2. The number of fused-ring (bicyclic) bond motifs is 1. The van der Waals surface area contributed by atoms with E-state index in [4.69, 9.17) is 4.74 Å². The van der Waals surface area contributed by atoms with Crippen LogP contribution < -0.4 is 4.74 Å². The van der Waals surface area contributed by atoms with Gasteiger partial charge in [-0.25, -0.2) is 4.98 Å². The molecule has 8 nitrogen and oxygen atoms in total. The van der Waals surface area contributed by atoms with Crippen LogP contribution in [0, 0.1) is 23.7 Å². The zero-order chi connectivity index (χ0) is 24.2. The van der Waals surface area contributed by atoms with Crippen LogP contribution in [-0.2, 0) is 0 Å². The number of hydrogen-bond acceptors (Lipinski definition) is 6. The summed E-state index contributed by atoms with van der Waals surface area (Å²) in [6.45, 7) is 4.31. The van der Waals surface area contributed by atoms with Crippen LogP contribution in [-0.4, -0.2) is 75.6 Å². The predicted molar refractivity (Wildman–Crippen MR) is 126 cm³/mol. The third kappa shape index (κ3) is 5.37. The average molecular weight is 463 g/mol. The van der Waals surface area contributed by atoms with E-state index in [1.165, 1.54) is 0 Å². The molecule has 8 heteroatoms. The number of aliphatic hydroxyl groups excluding tert-OH is 1. The van der Waals surface area contributed by atoms with Crippen molar-refractivity contribution in [2.45, 2.75) is 38.8 Å². The minimum absolute atomic E-state index is 0.116. The zero-order valence-electron chi connectivity index (χ0n) is 19.8. The van der Waals surface area contributed by atoms with Crippen molar-refractivity contribution in [3.05, 3.63) is 53.5 Å². The molecule has 0 bridgehead atoms. The molecule has 3 atom stereocenters. The molecular weight excluding hydrogens is 432 g/mol. The second-order valence-corrected chi connectivity index (χ2v) is 9.16. The van der Waals surface area contributed by atoms with Crippen LogP contribution >= 0.6 is 0 Å². The Kier molecular flexibility index (Phi) is 7.13. The van der Waals surface area contributed by atoms with Gasteiger partial charge in [0, 0.05) is 55.1 Å². The quantitative estimate of drug-likeness (QED) is 0.685. The predicted octanol–water partition coefficient (Wildman–Crippen LogP) is 2.23. The van der Waals surface area contributed by atoms with Gasteiger partial charge in [-0.15, -0.1) is 0 Å². The van der Waals surface area contributed by atoms with E-state index < -0.39 is 6.10 Å². The van der Waals surface area contributed by atoms with E-state index in [0.717, 1.165) is 12.8 Å². The lowest BCUT2D eigenvalue weighted by Gasteiger charge is -2.37. The number of likely N-dealkylation sites (N-methyl/N-ethyl adjacent to an activating group) is 1. The van der Waals surface area contributed by atoms with Gasteiger partial charge >= 0.3 is 0 Å². The van der Waals surface area contributed by atoms with E-state index in [2.05, 4.69) is 21.8 Å².